The fourth-order valence-corrected chi connectivity index (χ4v) is 0.630. The summed E-state index contributed by atoms with van der Waals surface area (Å²) in [6, 6.07) is 3.74. The predicted molar refractivity (Wildman–Crippen MR) is 41.2 cm³/mol. The van der Waals surface area contributed by atoms with Crippen LogP contribution in [-0.4, -0.2) is 36.1 Å². The van der Waals surface area contributed by atoms with Gasteiger partial charge >= 0.3 is 0 Å². The standard InChI is InChI=1S/C7H10N4O/c1-7(12)10(2)11(5-3-8)6-4-9/h5-6H2,1-2H3. The first-order valence-corrected chi connectivity index (χ1v) is 3.36. The second kappa shape index (κ2) is 5.11. The van der Waals surface area contributed by atoms with Crippen molar-refractivity contribution in [2.24, 2.45) is 0 Å². The van der Waals surface area contributed by atoms with Crippen molar-refractivity contribution in [1.29, 1.82) is 10.5 Å². The molecule has 1 amide bonds. The number of carbonyl (C=O) groups is 1. The van der Waals surface area contributed by atoms with Crippen molar-refractivity contribution >= 4 is 5.91 Å². The van der Waals surface area contributed by atoms with E-state index in [0.29, 0.717) is 0 Å². The van der Waals surface area contributed by atoms with Crippen molar-refractivity contribution in [2.45, 2.75) is 6.92 Å². The van der Waals surface area contributed by atoms with E-state index in [9.17, 15) is 4.79 Å². The molecule has 0 heterocycles. The molecule has 0 aliphatic rings. The summed E-state index contributed by atoms with van der Waals surface area (Å²) in [6.07, 6.45) is 0. The molecule has 0 aliphatic heterocycles. The zero-order valence-corrected chi connectivity index (χ0v) is 7.11. The zero-order valence-electron chi connectivity index (χ0n) is 7.11. The highest BCUT2D eigenvalue weighted by atomic mass is 16.2. The average Bonchev–Trinajstić information content (AvgIpc) is 2.03. The van der Waals surface area contributed by atoms with Crippen molar-refractivity contribution in [3.05, 3.63) is 0 Å². The molecule has 0 saturated heterocycles. The van der Waals surface area contributed by atoms with Crippen LogP contribution in [0.15, 0.2) is 0 Å². The number of nitriles is 2. The smallest absolute Gasteiger partial charge is 0.233 e. The fourth-order valence-electron chi connectivity index (χ4n) is 0.630. The molecule has 0 fully saturated rings. The van der Waals surface area contributed by atoms with E-state index >= 15 is 0 Å². The Balaban J connectivity index is 4.22. The zero-order chi connectivity index (χ0) is 9.56. The molecule has 12 heavy (non-hydrogen) atoms. The van der Waals surface area contributed by atoms with Gasteiger partial charge in [0, 0.05) is 14.0 Å². The Hall–Kier alpha value is -1.59. The molecule has 0 unspecified atom stereocenters. The van der Waals surface area contributed by atoms with Crippen molar-refractivity contribution in [1.82, 2.24) is 10.0 Å². The number of nitrogens with zero attached hydrogens (tertiary/aromatic N) is 4. The highest BCUT2D eigenvalue weighted by Crippen LogP contribution is 1.93. The topological polar surface area (TPSA) is 71.1 Å². The van der Waals surface area contributed by atoms with Crippen LogP contribution in [0.4, 0.5) is 0 Å². The van der Waals surface area contributed by atoms with Gasteiger partial charge in [-0.3, -0.25) is 9.80 Å². The van der Waals surface area contributed by atoms with E-state index in [0.717, 1.165) is 0 Å². The van der Waals surface area contributed by atoms with Gasteiger partial charge in [0.1, 0.15) is 13.1 Å². The normalized spacial score (nSPS) is 8.75. The summed E-state index contributed by atoms with van der Waals surface area (Å²) in [6.45, 7) is 1.47. The number of hydrogen-bond donors (Lipinski definition) is 0. The largest absolute Gasteiger partial charge is 0.277 e. The highest BCUT2D eigenvalue weighted by molar-refractivity contribution is 5.72. The van der Waals surface area contributed by atoms with Gasteiger partial charge in [-0.2, -0.15) is 15.5 Å². The minimum atomic E-state index is -0.194. The lowest BCUT2D eigenvalue weighted by molar-refractivity contribution is -0.141. The highest BCUT2D eigenvalue weighted by Gasteiger charge is 2.11. The van der Waals surface area contributed by atoms with Crippen LogP contribution in [-0.2, 0) is 4.79 Å². The third-order valence-corrected chi connectivity index (χ3v) is 1.39. The SMILES string of the molecule is CC(=O)N(C)N(CC#N)CC#N. The van der Waals surface area contributed by atoms with E-state index in [1.807, 2.05) is 12.1 Å². The minimum absolute atomic E-state index is 0.0453. The van der Waals surface area contributed by atoms with E-state index in [4.69, 9.17) is 10.5 Å². The van der Waals surface area contributed by atoms with Crippen LogP contribution in [0, 0.1) is 22.7 Å². The molecule has 0 aliphatic carbocycles. The molecule has 5 heteroatoms. The number of hydrogen-bond acceptors (Lipinski definition) is 4. The molecule has 0 aromatic carbocycles. The lowest BCUT2D eigenvalue weighted by Gasteiger charge is -2.26. The monoisotopic (exact) mass is 166 g/mol. The third kappa shape index (κ3) is 3.00. The summed E-state index contributed by atoms with van der Waals surface area (Å²) in [5.41, 5.74) is 0. The van der Waals surface area contributed by atoms with Crippen LogP contribution in [0.1, 0.15) is 6.92 Å². The second-order valence-corrected chi connectivity index (χ2v) is 2.18. The molecular weight excluding hydrogens is 156 g/mol. The molecule has 0 atom stereocenters. The van der Waals surface area contributed by atoms with Crippen molar-refractivity contribution in [3.63, 3.8) is 0 Å². The Morgan fingerprint density at radius 3 is 2.00 bits per heavy atom. The first-order chi connectivity index (χ1) is 5.63. The van der Waals surface area contributed by atoms with E-state index in [1.165, 1.54) is 24.0 Å². The number of amides is 1. The van der Waals surface area contributed by atoms with Crippen LogP contribution < -0.4 is 0 Å². The first kappa shape index (κ1) is 10.4. The Kier molecular flexibility index (Phi) is 4.43. The van der Waals surface area contributed by atoms with Gasteiger partial charge < -0.3 is 0 Å². The second-order valence-electron chi connectivity index (χ2n) is 2.18. The molecule has 0 N–H and O–H groups in total. The molecule has 0 saturated carbocycles. The minimum Gasteiger partial charge on any atom is -0.277 e. The van der Waals surface area contributed by atoms with Crippen LogP contribution in [0.2, 0.25) is 0 Å². The molecule has 0 rings (SSSR count). The van der Waals surface area contributed by atoms with E-state index in [-0.39, 0.29) is 19.0 Å². The molecule has 0 spiro atoms. The average molecular weight is 166 g/mol. The lowest BCUT2D eigenvalue weighted by Crippen LogP contribution is -2.43. The van der Waals surface area contributed by atoms with Gasteiger partial charge in [-0.1, -0.05) is 0 Å². The van der Waals surface area contributed by atoms with Crippen molar-refractivity contribution < 1.29 is 4.79 Å². The fraction of sp³-hybridized carbons (Fsp3) is 0.571. The first-order valence-electron chi connectivity index (χ1n) is 3.36. The number of carbonyl (C=O) groups excluding carboxylic acids is 1. The molecule has 64 valence electrons. The van der Waals surface area contributed by atoms with E-state index in [1.54, 1.807) is 0 Å². The summed E-state index contributed by atoms with van der Waals surface area (Å²) in [4.78, 5) is 10.8. The number of hydrazine groups is 1. The van der Waals surface area contributed by atoms with Crippen LogP contribution in [0.3, 0.4) is 0 Å². The Bertz CT molecular complexity index is 221. The maximum atomic E-state index is 10.8. The van der Waals surface area contributed by atoms with E-state index < -0.39 is 0 Å². The van der Waals surface area contributed by atoms with Gasteiger partial charge in [0.2, 0.25) is 5.91 Å². The summed E-state index contributed by atoms with van der Waals surface area (Å²) in [5.74, 6) is -0.194. The Morgan fingerprint density at radius 1 is 1.33 bits per heavy atom. The molecule has 5 nitrogen and oxygen atoms in total. The van der Waals surface area contributed by atoms with Gasteiger partial charge in [0.25, 0.3) is 0 Å². The van der Waals surface area contributed by atoms with Crippen LogP contribution in [0.5, 0.6) is 0 Å². The molecule has 0 aromatic rings. The Labute approximate surface area is 71.4 Å². The van der Waals surface area contributed by atoms with Crippen LogP contribution in [0.25, 0.3) is 0 Å². The van der Waals surface area contributed by atoms with E-state index in [2.05, 4.69) is 0 Å². The summed E-state index contributed by atoms with van der Waals surface area (Å²) < 4.78 is 0. The molecule has 0 radical (unpaired) electrons. The van der Waals surface area contributed by atoms with Crippen LogP contribution >= 0.6 is 0 Å². The summed E-state index contributed by atoms with van der Waals surface area (Å²) in [7, 11) is 1.52. The molecule has 0 bridgehead atoms. The Morgan fingerprint density at radius 2 is 1.75 bits per heavy atom. The van der Waals surface area contributed by atoms with Gasteiger partial charge in [-0.25, -0.2) is 0 Å². The third-order valence-electron chi connectivity index (χ3n) is 1.39. The maximum absolute atomic E-state index is 10.8. The summed E-state index contributed by atoms with van der Waals surface area (Å²) in [5, 5.41) is 19.3. The molecular formula is C7H10N4O. The van der Waals surface area contributed by atoms with Crippen molar-refractivity contribution in [3.8, 4) is 12.1 Å². The number of rotatable bonds is 3. The lowest BCUT2D eigenvalue weighted by atomic mass is 10.5. The predicted octanol–water partition coefficient (Wildman–Crippen LogP) is -0.271. The summed E-state index contributed by atoms with van der Waals surface area (Å²) >= 11 is 0. The molecule has 0 aromatic heterocycles. The van der Waals surface area contributed by atoms with Gasteiger partial charge in [0.15, 0.2) is 0 Å². The maximum Gasteiger partial charge on any atom is 0.233 e. The quantitative estimate of drug-likeness (QED) is 0.427. The van der Waals surface area contributed by atoms with Gasteiger partial charge in [-0.15, -0.1) is 0 Å². The van der Waals surface area contributed by atoms with Crippen molar-refractivity contribution in [2.75, 3.05) is 20.1 Å². The van der Waals surface area contributed by atoms with Gasteiger partial charge in [-0.05, 0) is 0 Å². The van der Waals surface area contributed by atoms with Gasteiger partial charge in [0.05, 0.1) is 12.1 Å².